The van der Waals surface area contributed by atoms with Crippen molar-refractivity contribution in [3.8, 4) is 6.07 Å². The molecule has 0 saturated carbocycles. The van der Waals surface area contributed by atoms with E-state index in [2.05, 4.69) is 21.5 Å². The monoisotopic (exact) mass is 414 g/mol. The fourth-order valence-corrected chi connectivity index (χ4v) is 3.78. The zero-order valence-electron chi connectivity index (χ0n) is 16.9. The average Bonchev–Trinajstić information content (AvgIpc) is 3.28. The summed E-state index contributed by atoms with van der Waals surface area (Å²) in [5.41, 5.74) is 2.90. The summed E-state index contributed by atoms with van der Waals surface area (Å²) in [6.45, 7) is 1.32. The molecule has 1 aliphatic rings. The van der Waals surface area contributed by atoms with Crippen LogP contribution in [0.2, 0.25) is 0 Å². The normalized spacial score (nSPS) is 15.1. The number of rotatable bonds is 6. The third-order valence-corrected chi connectivity index (χ3v) is 5.31. The summed E-state index contributed by atoms with van der Waals surface area (Å²) in [5.74, 6) is -0.242. The molecule has 0 radical (unpaired) electrons. The van der Waals surface area contributed by atoms with E-state index >= 15 is 0 Å². The lowest BCUT2D eigenvalue weighted by molar-refractivity contribution is -0.122. The SMILES string of the molecule is N#Cc1cccc(C(=O)N2Cc3ccnn3C(CC(=O)NCCc3ccncc3)C2)c1. The van der Waals surface area contributed by atoms with Crippen LogP contribution in [0.3, 0.4) is 0 Å². The Hall–Kier alpha value is -3.99. The number of hydrogen-bond acceptors (Lipinski definition) is 5. The number of fused-ring (bicyclic) bond motifs is 1. The molecule has 156 valence electrons. The molecular formula is C23H22N6O2. The predicted octanol–water partition coefficient (Wildman–Crippen LogP) is 2.10. The second-order valence-electron chi connectivity index (χ2n) is 7.46. The topological polar surface area (TPSA) is 104 Å². The van der Waals surface area contributed by atoms with Gasteiger partial charge in [-0.15, -0.1) is 0 Å². The van der Waals surface area contributed by atoms with Crippen molar-refractivity contribution in [2.45, 2.75) is 25.4 Å². The first-order valence-corrected chi connectivity index (χ1v) is 10.1. The third-order valence-electron chi connectivity index (χ3n) is 5.31. The molecule has 8 nitrogen and oxygen atoms in total. The van der Waals surface area contributed by atoms with Crippen molar-refractivity contribution in [3.63, 3.8) is 0 Å². The van der Waals surface area contributed by atoms with Crippen LogP contribution in [-0.4, -0.2) is 44.6 Å². The van der Waals surface area contributed by atoms with Gasteiger partial charge in [-0.05, 0) is 48.4 Å². The number of hydrogen-bond donors (Lipinski definition) is 1. The first-order chi connectivity index (χ1) is 15.1. The Morgan fingerprint density at radius 2 is 2.00 bits per heavy atom. The molecule has 3 aromatic rings. The van der Waals surface area contributed by atoms with E-state index in [0.29, 0.717) is 30.8 Å². The minimum absolute atomic E-state index is 0.0821. The second-order valence-corrected chi connectivity index (χ2v) is 7.46. The lowest BCUT2D eigenvalue weighted by Crippen LogP contribution is -2.43. The van der Waals surface area contributed by atoms with Crippen molar-refractivity contribution in [2.24, 2.45) is 0 Å². The van der Waals surface area contributed by atoms with Gasteiger partial charge in [0, 0.05) is 37.2 Å². The molecule has 1 atom stereocenters. The lowest BCUT2D eigenvalue weighted by atomic mass is 10.1. The average molecular weight is 414 g/mol. The van der Waals surface area contributed by atoms with Gasteiger partial charge < -0.3 is 10.2 Å². The minimum Gasteiger partial charge on any atom is -0.356 e. The molecule has 0 fully saturated rings. The Kier molecular flexibility index (Phi) is 6.03. The summed E-state index contributed by atoms with van der Waals surface area (Å²) < 4.78 is 1.83. The van der Waals surface area contributed by atoms with Gasteiger partial charge in [-0.1, -0.05) is 6.07 Å². The first-order valence-electron chi connectivity index (χ1n) is 10.1. The van der Waals surface area contributed by atoms with E-state index in [1.165, 1.54) is 0 Å². The van der Waals surface area contributed by atoms with Crippen molar-refractivity contribution in [2.75, 3.05) is 13.1 Å². The van der Waals surface area contributed by atoms with Gasteiger partial charge in [0.15, 0.2) is 0 Å². The van der Waals surface area contributed by atoms with Crippen LogP contribution in [0.4, 0.5) is 0 Å². The molecule has 4 rings (SSSR count). The molecule has 0 spiro atoms. The van der Waals surface area contributed by atoms with Crippen molar-refractivity contribution in [3.05, 3.63) is 83.4 Å². The molecule has 1 N–H and O–H groups in total. The number of nitriles is 1. The molecule has 31 heavy (non-hydrogen) atoms. The predicted molar refractivity (Wildman–Crippen MR) is 113 cm³/mol. The van der Waals surface area contributed by atoms with Gasteiger partial charge in [-0.2, -0.15) is 10.4 Å². The number of nitrogens with zero attached hydrogens (tertiary/aromatic N) is 5. The van der Waals surface area contributed by atoms with Crippen LogP contribution in [0, 0.1) is 11.3 Å². The maximum atomic E-state index is 13.0. The molecule has 0 saturated heterocycles. The lowest BCUT2D eigenvalue weighted by Gasteiger charge is -2.33. The van der Waals surface area contributed by atoms with E-state index in [1.807, 2.05) is 22.9 Å². The number of carbonyl (C=O) groups is 2. The Balaban J connectivity index is 1.41. The van der Waals surface area contributed by atoms with Gasteiger partial charge in [-0.3, -0.25) is 19.3 Å². The van der Waals surface area contributed by atoms with Crippen LogP contribution >= 0.6 is 0 Å². The van der Waals surface area contributed by atoms with Crippen LogP contribution in [-0.2, 0) is 17.8 Å². The molecule has 8 heteroatoms. The standard InChI is InChI=1S/C23H22N6O2/c24-14-18-2-1-3-19(12-18)23(31)28-15-20-7-11-27-29(20)21(16-28)13-22(30)26-10-6-17-4-8-25-9-5-17/h1-5,7-9,11-12,21H,6,10,13,15-16H2,(H,26,30). The molecule has 3 heterocycles. The number of benzene rings is 1. The summed E-state index contributed by atoms with van der Waals surface area (Å²) in [4.78, 5) is 31.3. The summed E-state index contributed by atoms with van der Waals surface area (Å²) in [7, 11) is 0. The van der Waals surface area contributed by atoms with E-state index in [1.54, 1.807) is 47.8 Å². The van der Waals surface area contributed by atoms with Gasteiger partial charge in [-0.25, -0.2) is 0 Å². The molecular weight excluding hydrogens is 392 g/mol. The third kappa shape index (κ3) is 4.78. The molecule has 2 amide bonds. The molecule has 1 unspecified atom stereocenters. The highest BCUT2D eigenvalue weighted by Crippen LogP contribution is 2.24. The van der Waals surface area contributed by atoms with Crippen molar-refractivity contribution < 1.29 is 9.59 Å². The summed E-state index contributed by atoms with van der Waals surface area (Å²) in [6, 6.07) is 14.2. The van der Waals surface area contributed by atoms with Crippen LogP contribution in [0.15, 0.2) is 61.1 Å². The number of amides is 2. The van der Waals surface area contributed by atoms with Crippen LogP contribution in [0.25, 0.3) is 0 Å². The van der Waals surface area contributed by atoms with Gasteiger partial charge in [0.1, 0.15) is 0 Å². The quantitative estimate of drug-likeness (QED) is 0.665. The fraction of sp³-hybridized carbons (Fsp3) is 0.261. The van der Waals surface area contributed by atoms with Gasteiger partial charge in [0.2, 0.25) is 5.91 Å². The van der Waals surface area contributed by atoms with E-state index in [4.69, 9.17) is 5.26 Å². The van der Waals surface area contributed by atoms with E-state index in [0.717, 1.165) is 17.7 Å². The van der Waals surface area contributed by atoms with Crippen LogP contribution in [0.1, 0.15) is 39.6 Å². The minimum atomic E-state index is -0.247. The van der Waals surface area contributed by atoms with Crippen LogP contribution < -0.4 is 5.32 Å². The molecule has 0 bridgehead atoms. The first kappa shape index (κ1) is 20.3. The fourth-order valence-electron chi connectivity index (χ4n) is 3.78. The maximum absolute atomic E-state index is 13.0. The summed E-state index contributed by atoms with van der Waals surface area (Å²) in [6.07, 6.45) is 6.11. The smallest absolute Gasteiger partial charge is 0.254 e. The van der Waals surface area contributed by atoms with Gasteiger partial charge >= 0.3 is 0 Å². The van der Waals surface area contributed by atoms with Gasteiger partial charge in [0.25, 0.3) is 5.91 Å². The van der Waals surface area contributed by atoms with Crippen molar-refractivity contribution in [1.82, 2.24) is 25.0 Å². The molecule has 0 aliphatic carbocycles. The van der Waals surface area contributed by atoms with Crippen molar-refractivity contribution in [1.29, 1.82) is 5.26 Å². The Morgan fingerprint density at radius 3 is 2.81 bits per heavy atom. The summed E-state index contributed by atoms with van der Waals surface area (Å²) >= 11 is 0. The number of nitrogens with one attached hydrogen (secondary N) is 1. The highest BCUT2D eigenvalue weighted by atomic mass is 16.2. The zero-order valence-corrected chi connectivity index (χ0v) is 16.9. The molecule has 1 aliphatic heterocycles. The Morgan fingerprint density at radius 1 is 1.16 bits per heavy atom. The highest BCUT2D eigenvalue weighted by molar-refractivity contribution is 5.94. The van der Waals surface area contributed by atoms with E-state index in [9.17, 15) is 9.59 Å². The maximum Gasteiger partial charge on any atom is 0.254 e. The second kappa shape index (κ2) is 9.22. The van der Waals surface area contributed by atoms with E-state index < -0.39 is 0 Å². The summed E-state index contributed by atoms with van der Waals surface area (Å²) in [5, 5.41) is 16.4. The largest absolute Gasteiger partial charge is 0.356 e. The van der Waals surface area contributed by atoms with Crippen molar-refractivity contribution >= 4 is 11.8 Å². The Bertz CT molecular complexity index is 1120. The number of carbonyl (C=O) groups excluding carboxylic acids is 2. The number of aromatic nitrogens is 3. The van der Waals surface area contributed by atoms with Crippen LogP contribution in [0.5, 0.6) is 0 Å². The number of pyridine rings is 1. The Labute approximate surface area is 180 Å². The highest BCUT2D eigenvalue weighted by Gasteiger charge is 2.30. The zero-order chi connectivity index (χ0) is 21.6. The van der Waals surface area contributed by atoms with E-state index in [-0.39, 0.29) is 24.3 Å². The van der Waals surface area contributed by atoms with Gasteiger partial charge in [0.05, 0.1) is 36.3 Å². The molecule has 1 aromatic carbocycles. The molecule has 2 aromatic heterocycles.